The number of benzene rings is 2. The summed E-state index contributed by atoms with van der Waals surface area (Å²) in [6, 6.07) is 15.5. The van der Waals surface area contributed by atoms with E-state index < -0.39 is 0 Å². The summed E-state index contributed by atoms with van der Waals surface area (Å²) in [5.41, 5.74) is 2.89. The van der Waals surface area contributed by atoms with Gasteiger partial charge < -0.3 is 9.30 Å². The second-order valence-corrected chi connectivity index (χ2v) is 6.95. The Bertz CT molecular complexity index is 1060. The topological polar surface area (TPSA) is 60.7 Å². The van der Waals surface area contributed by atoms with Crippen molar-refractivity contribution in [2.45, 2.75) is 20.4 Å². The average Bonchev–Trinajstić information content (AvgIpc) is 2.97. The van der Waals surface area contributed by atoms with Crippen LogP contribution in [-0.4, -0.2) is 23.1 Å². The molecule has 0 spiro atoms. The molecule has 0 aliphatic rings. The van der Waals surface area contributed by atoms with Gasteiger partial charge in [0.05, 0.1) is 16.8 Å². The summed E-state index contributed by atoms with van der Waals surface area (Å²) in [7, 11) is 0. The van der Waals surface area contributed by atoms with Crippen LogP contribution in [-0.2, 0) is 20.9 Å². The first-order valence-corrected chi connectivity index (χ1v) is 9.46. The lowest BCUT2D eigenvalue weighted by atomic mass is 10.2. The minimum Gasteiger partial charge on any atom is -0.465 e. The Labute approximate surface area is 161 Å². The molecule has 138 valence electrons. The Morgan fingerprint density at radius 3 is 2.70 bits per heavy atom. The summed E-state index contributed by atoms with van der Waals surface area (Å²) in [5.74, 6) is -0.730. The van der Waals surface area contributed by atoms with Gasteiger partial charge in [-0.1, -0.05) is 47.7 Å². The Kier molecular flexibility index (Phi) is 5.98. The first-order valence-electron chi connectivity index (χ1n) is 8.64. The number of aryl methyl sites for hydroxylation is 1. The number of hydrogen-bond donors (Lipinski definition) is 0. The van der Waals surface area contributed by atoms with E-state index in [4.69, 9.17) is 4.74 Å². The van der Waals surface area contributed by atoms with Gasteiger partial charge in [0.2, 0.25) is 0 Å². The van der Waals surface area contributed by atoms with E-state index in [-0.39, 0.29) is 18.4 Å². The third kappa shape index (κ3) is 4.80. The Balaban J connectivity index is 1.98. The van der Waals surface area contributed by atoms with Crippen molar-refractivity contribution in [2.24, 2.45) is 4.99 Å². The third-order valence-corrected chi connectivity index (χ3v) is 4.90. The molecule has 0 saturated carbocycles. The Morgan fingerprint density at radius 1 is 1.19 bits per heavy atom. The molecule has 6 heteroatoms. The molecule has 0 N–H and O–H groups in total. The van der Waals surface area contributed by atoms with Gasteiger partial charge in [0, 0.05) is 6.08 Å². The summed E-state index contributed by atoms with van der Waals surface area (Å²) < 4.78 is 7.76. The second kappa shape index (κ2) is 8.60. The normalized spacial score (nSPS) is 12.0. The maximum absolute atomic E-state index is 12.3. The molecule has 5 nitrogen and oxygen atoms in total. The quantitative estimate of drug-likeness (QED) is 0.501. The van der Waals surface area contributed by atoms with E-state index >= 15 is 0 Å². The van der Waals surface area contributed by atoms with Crippen molar-refractivity contribution in [1.29, 1.82) is 0 Å². The van der Waals surface area contributed by atoms with Crippen molar-refractivity contribution >= 4 is 39.5 Å². The van der Waals surface area contributed by atoms with E-state index in [1.165, 1.54) is 17.4 Å². The van der Waals surface area contributed by atoms with Crippen LogP contribution in [0.3, 0.4) is 0 Å². The standard InChI is InChI=1S/C21H20N2O3S/c1-3-26-20(25)14-23-17-11-9-15(2)13-18(17)27-21(23)22-19(24)12-10-16-7-5-4-6-8-16/h4-13H,3,14H2,1-2H3/b12-10+,22-21?. The molecule has 27 heavy (non-hydrogen) atoms. The average molecular weight is 380 g/mol. The predicted molar refractivity (Wildman–Crippen MR) is 107 cm³/mol. The van der Waals surface area contributed by atoms with Gasteiger partial charge in [-0.15, -0.1) is 0 Å². The number of thiazole rings is 1. The molecule has 0 saturated heterocycles. The van der Waals surface area contributed by atoms with Crippen LogP contribution < -0.4 is 4.80 Å². The Morgan fingerprint density at radius 2 is 1.96 bits per heavy atom. The molecule has 0 unspecified atom stereocenters. The molecule has 0 fully saturated rings. The number of aromatic nitrogens is 1. The summed E-state index contributed by atoms with van der Waals surface area (Å²) in [4.78, 5) is 29.0. The van der Waals surface area contributed by atoms with E-state index in [0.29, 0.717) is 11.4 Å². The maximum atomic E-state index is 12.3. The van der Waals surface area contributed by atoms with Gasteiger partial charge in [-0.3, -0.25) is 9.59 Å². The monoisotopic (exact) mass is 380 g/mol. The number of amides is 1. The minimum absolute atomic E-state index is 0.0193. The molecule has 1 heterocycles. The predicted octanol–water partition coefficient (Wildman–Crippen LogP) is 3.72. The van der Waals surface area contributed by atoms with Crippen molar-refractivity contribution in [3.05, 3.63) is 70.5 Å². The largest absolute Gasteiger partial charge is 0.465 e. The highest BCUT2D eigenvalue weighted by atomic mass is 32.1. The smallest absolute Gasteiger partial charge is 0.326 e. The van der Waals surface area contributed by atoms with E-state index in [9.17, 15) is 9.59 Å². The molecule has 0 radical (unpaired) electrons. The lowest BCUT2D eigenvalue weighted by Gasteiger charge is -2.05. The molecule has 0 aliphatic heterocycles. The zero-order chi connectivity index (χ0) is 19.2. The number of carbonyl (C=O) groups excluding carboxylic acids is 2. The fourth-order valence-electron chi connectivity index (χ4n) is 2.62. The van der Waals surface area contributed by atoms with Gasteiger partial charge in [0.25, 0.3) is 5.91 Å². The number of hydrogen-bond acceptors (Lipinski definition) is 4. The molecule has 3 aromatic rings. The van der Waals surface area contributed by atoms with Gasteiger partial charge in [0.1, 0.15) is 6.54 Å². The zero-order valence-corrected chi connectivity index (χ0v) is 16.0. The molecular weight excluding hydrogens is 360 g/mol. The number of ether oxygens (including phenoxy) is 1. The summed E-state index contributed by atoms with van der Waals surface area (Å²) in [6.07, 6.45) is 3.15. The first kappa shape index (κ1) is 18.8. The maximum Gasteiger partial charge on any atom is 0.326 e. The van der Waals surface area contributed by atoms with Crippen molar-refractivity contribution in [2.75, 3.05) is 6.61 Å². The van der Waals surface area contributed by atoms with Gasteiger partial charge in [0.15, 0.2) is 4.80 Å². The van der Waals surface area contributed by atoms with Gasteiger partial charge in [-0.25, -0.2) is 0 Å². The van der Waals surface area contributed by atoms with Crippen LogP contribution in [0.5, 0.6) is 0 Å². The van der Waals surface area contributed by atoms with E-state index in [2.05, 4.69) is 4.99 Å². The van der Waals surface area contributed by atoms with Gasteiger partial charge in [-0.2, -0.15) is 4.99 Å². The number of rotatable bonds is 5. The highest BCUT2D eigenvalue weighted by molar-refractivity contribution is 7.16. The lowest BCUT2D eigenvalue weighted by Crippen LogP contribution is -2.22. The lowest BCUT2D eigenvalue weighted by molar-refractivity contribution is -0.143. The van der Waals surface area contributed by atoms with Crippen LogP contribution in [0.2, 0.25) is 0 Å². The van der Waals surface area contributed by atoms with Crippen LogP contribution in [0.25, 0.3) is 16.3 Å². The molecule has 0 aliphatic carbocycles. The van der Waals surface area contributed by atoms with E-state index in [1.54, 1.807) is 17.6 Å². The van der Waals surface area contributed by atoms with Crippen LogP contribution in [0.15, 0.2) is 59.6 Å². The van der Waals surface area contributed by atoms with Crippen LogP contribution in [0.1, 0.15) is 18.1 Å². The molecule has 0 bridgehead atoms. The van der Waals surface area contributed by atoms with Crippen molar-refractivity contribution < 1.29 is 14.3 Å². The number of nitrogens with zero attached hydrogens (tertiary/aromatic N) is 2. The van der Waals surface area contributed by atoms with E-state index in [0.717, 1.165) is 21.3 Å². The Hall–Kier alpha value is -2.99. The third-order valence-electron chi connectivity index (χ3n) is 3.85. The van der Waals surface area contributed by atoms with Gasteiger partial charge in [-0.05, 0) is 43.2 Å². The summed E-state index contributed by atoms with van der Waals surface area (Å²) in [6.45, 7) is 4.09. The highest BCUT2D eigenvalue weighted by Gasteiger charge is 2.11. The molecular formula is C21H20N2O3S. The molecule has 0 atom stereocenters. The van der Waals surface area contributed by atoms with Crippen molar-refractivity contribution in [3.63, 3.8) is 0 Å². The summed E-state index contributed by atoms with van der Waals surface area (Å²) in [5, 5.41) is 0. The van der Waals surface area contributed by atoms with Crippen LogP contribution in [0, 0.1) is 6.92 Å². The second-order valence-electron chi connectivity index (χ2n) is 5.94. The molecule has 3 rings (SSSR count). The van der Waals surface area contributed by atoms with Crippen molar-refractivity contribution in [1.82, 2.24) is 4.57 Å². The SMILES string of the molecule is CCOC(=O)Cn1c(=NC(=O)/C=C/c2ccccc2)sc2cc(C)ccc21. The molecule has 1 amide bonds. The zero-order valence-electron chi connectivity index (χ0n) is 15.2. The first-order chi connectivity index (χ1) is 13.1. The summed E-state index contributed by atoms with van der Waals surface area (Å²) >= 11 is 1.38. The number of fused-ring (bicyclic) bond motifs is 1. The number of esters is 1. The van der Waals surface area contributed by atoms with Crippen LogP contribution >= 0.6 is 11.3 Å². The fraction of sp³-hybridized carbons (Fsp3) is 0.190. The molecule has 1 aromatic heterocycles. The highest BCUT2D eigenvalue weighted by Crippen LogP contribution is 2.19. The van der Waals surface area contributed by atoms with Crippen LogP contribution in [0.4, 0.5) is 0 Å². The van der Waals surface area contributed by atoms with Gasteiger partial charge >= 0.3 is 5.97 Å². The fourth-order valence-corrected chi connectivity index (χ4v) is 3.75. The minimum atomic E-state index is -0.375. The van der Waals surface area contributed by atoms with Crippen molar-refractivity contribution in [3.8, 4) is 0 Å². The van der Waals surface area contributed by atoms with E-state index in [1.807, 2.05) is 55.5 Å². The molecule has 2 aromatic carbocycles. The number of carbonyl (C=O) groups is 2.